The second-order valence-corrected chi connectivity index (χ2v) is 10.9. The summed E-state index contributed by atoms with van der Waals surface area (Å²) in [6.07, 6.45) is 38.0. The Bertz CT molecular complexity index is 359. The van der Waals surface area contributed by atoms with E-state index in [1.807, 2.05) is 0 Å². The van der Waals surface area contributed by atoms with Crippen molar-refractivity contribution >= 4 is 0 Å². The first-order valence-corrected chi connectivity index (χ1v) is 15.1. The number of unbranched alkanes of at least 4 members (excludes halogenated alkanes) is 18. The Morgan fingerprint density at radius 3 is 1.22 bits per heavy atom. The summed E-state index contributed by atoms with van der Waals surface area (Å²) >= 11 is 0. The minimum Gasteiger partial charge on any atom is -0.328 e. The summed E-state index contributed by atoms with van der Waals surface area (Å²) in [6, 6.07) is 0.457. The fourth-order valence-electron chi connectivity index (χ4n) is 4.64. The third-order valence-electron chi connectivity index (χ3n) is 6.94. The molecule has 0 amide bonds. The minimum atomic E-state index is 0.457. The molecular weight excluding hydrogens is 386 g/mol. The largest absolute Gasteiger partial charge is 0.328 e. The first-order chi connectivity index (χ1) is 15.7. The molecular formula is C31H63N. The molecule has 1 unspecified atom stereocenters. The molecule has 0 saturated carbocycles. The standard InChI is InChI=1S/C31H63N/c1-4-5-6-7-8-9-10-11-12-13-14-15-16-17-18-22-25-28-31(32)29-26-23-20-19-21-24-27-30(2)3/h11-12,30-31H,4-10,13-29,32H2,1-3H3/b12-11+. The van der Waals surface area contributed by atoms with Crippen LogP contribution in [0.3, 0.4) is 0 Å². The highest BCUT2D eigenvalue weighted by Gasteiger charge is 2.02. The molecule has 1 heteroatoms. The lowest BCUT2D eigenvalue weighted by Crippen LogP contribution is -2.19. The van der Waals surface area contributed by atoms with Gasteiger partial charge < -0.3 is 5.73 Å². The molecule has 0 heterocycles. The SMILES string of the molecule is CCCCCCCC/C=C/CCCCCCCCCC(N)CCCCCCCCC(C)C. The molecule has 0 aromatic carbocycles. The van der Waals surface area contributed by atoms with Crippen molar-refractivity contribution < 1.29 is 0 Å². The normalized spacial score (nSPS) is 12.9. The summed E-state index contributed by atoms with van der Waals surface area (Å²) in [6.45, 7) is 6.96. The molecule has 0 aromatic rings. The molecule has 2 N–H and O–H groups in total. The average Bonchev–Trinajstić information content (AvgIpc) is 2.77. The van der Waals surface area contributed by atoms with Crippen molar-refractivity contribution in [2.45, 2.75) is 181 Å². The minimum absolute atomic E-state index is 0.457. The van der Waals surface area contributed by atoms with Crippen LogP contribution < -0.4 is 5.73 Å². The summed E-state index contributed by atoms with van der Waals surface area (Å²) in [7, 11) is 0. The van der Waals surface area contributed by atoms with Crippen molar-refractivity contribution in [1.29, 1.82) is 0 Å². The zero-order valence-corrected chi connectivity index (χ0v) is 22.9. The zero-order chi connectivity index (χ0) is 23.5. The molecule has 192 valence electrons. The van der Waals surface area contributed by atoms with Crippen molar-refractivity contribution in [2.24, 2.45) is 11.7 Å². The number of hydrogen-bond acceptors (Lipinski definition) is 1. The first-order valence-electron chi connectivity index (χ1n) is 15.1. The van der Waals surface area contributed by atoms with Gasteiger partial charge in [0.2, 0.25) is 0 Å². The lowest BCUT2D eigenvalue weighted by atomic mass is 10.00. The molecule has 1 atom stereocenters. The second-order valence-electron chi connectivity index (χ2n) is 10.9. The van der Waals surface area contributed by atoms with E-state index < -0.39 is 0 Å². The summed E-state index contributed by atoms with van der Waals surface area (Å²) in [5, 5.41) is 0. The summed E-state index contributed by atoms with van der Waals surface area (Å²) < 4.78 is 0. The summed E-state index contributed by atoms with van der Waals surface area (Å²) in [5.41, 5.74) is 6.33. The van der Waals surface area contributed by atoms with Gasteiger partial charge in [-0.05, 0) is 44.4 Å². The maximum absolute atomic E-state index is 6.33. The highest BCUT2D eigenvalue weighted by molar-refractivity contribution is 4.81. The number of allylic oxidation sites excluding steroid dienone is 2. The molecule has 0 fully saturated rings. The van der Waals surface area contributed by atoms with Gasteiger partial charge in [0.15, 0.2) is 0 Å². The molecule has 1 nitrogen and oxygen atoms in total. The fourth-order valence-corrected chi connectivity index (χ4v) is 4.64. The predicted molar refractivity (Wildman–Crippen MR) is 148 cm³/mol. The topological polar surface area (TPSA) is 26.0 Å². The monoisotopic (exact) mass is 449 g/mol. The van der Waals surface area contributed by atoms with E-state index in [1.54, 1.807) is 0 Å². The van der Waals surface area contributed by atoms with Crippen LogP contribution >= 0.6 is 0 Å². The number of nitrogens with two attached hydrogens (primary N) is 1. The Balaban J connectivity index is 3.19. The fraction of sp³-hybridized carbons (Fsp3) is 0.935. The van der Waals surface area contributed by atoms with Gasteiger partial charge in [0, 0.05) is 6.04 Å². The van der Waals surface area contributed by atoms with Crippen molar-refractivity contribution in [2.75, 3.05) is 0 Å². The van der Waals surface area contributed by atoms with Crippen LogP contribution in [0.1, 0.15) is 175 Å². The van der Waals surface area contributed by atoms with Gasteiger partial charge in [-0.25, -0.2) is 0 Å². The first kappa shape index (κ1) is 31.7. The van der Waals surface area contributed by atoms with Crippen molar-refractivity contribution in [1.82, 2.24) is 0 Å². The maximum Gasteiger partial charge on any atom is 0.00388 e. The number of rotatable bonds is 26. The quantitative estimate of drug-likeness (QED) is 0.103. The van der Waals surface area contributed by atoms with Crippen molar-refractivity contribution in [3.05, 3.63) is 12.2 Å². The summed E-state index contributed by atoms with van der Waals surface area (Å²) in [4.78, 5) is 0. The summed E-state index contributed by atoms with van der Waals surface area (Å²) in [5.74, 6) is 0.875. The van der Waals surface area contributed by atoms with Gasteiger partial charge in [0.1, 0.15) is 0 Å². The lowest BCUT2D eigenvalue weighted by molar-refractivity contribution is 0.474. The van der Waals surface area contributed by atoms with Crippen LogP contribution in [0.5, 0.6) is 0 Å². The van der Waals surface area contributed by atoms with E-state index in [0.717, 1.165) is 5.92 Å². The van der Waals surface area contributed by atoms with Gasteiger partial charge in [-0.15, -0.1) is 0 Å². The van der Waals surface area contributed by atoms with Crippen LogP contribution in [0.15, 0.2) is 12.2 Å². The third kappa shape index (κ3) is 27.7. The van der Waals surface area contributed by atoms with Crippen LogP contribution in [-0.2, 0) is 0 Å². The Hall–Kier alpha value is -0.300. The Morgan fingerprint density at radius 2 is 0.812 bits per heavy atom. The zero-order valence-electron chi connectivity index (χ0n) is 22.9. The molecule has 0 aliphatic heterocycles. The lowest BCUT2D eigenvalue weighted by Gasteiger charge is -2.11. The van der Waals surface area contributed by atoms with E-state index >= 15 is 0 Å². The maximum atomic E-state index is 6.33. The molecule has 0 bridgehead atoms. The Morgan fingerprint density at radius 1 is 0.469 bits per heavy atom. The molecule has 0 rings (SSSR count). The third-order valence-corrected chi connectivity index (χ3v) is 6.94. The van der Waals surface area contributed by atoms with Gasteiger partial charge in [-0.3, -0.25) is 0 Å². The van der Waals surface area contributed by atoms with Crippen LogP contribution in [0, 0.1) is 5.92 Å². The van der Waals surface area contributed by atoms with E-state index in [-0.39, 0.29) is 0 Å². The van der Waals surface area contributed by atoms with Gasteiger partial charge in [0.05, 0.1) is 0 Å². The Labute approximate surface area is 204 Å². The van der Waals surface area contributed by atoms with E-state index in [1.165, 1.54) is 154 Å². The molecule has 32 heavy (non-hydrogen) atoms. The Kier molecular flexibility index (Phi) is 26.7. The van der Waals surface area contributed by atoms with Crippen LogP contribution in [-0.4, -0.2) is 6.04 Å². The van der Waals surface area contributed by atoms with E-state index in [9.17, 15) is 0 Å². The van der Waals surface area contributed by atoms with Crippen molar-refractivity contribution in [3.8, 4) is 0 Å². The van der Waals surface area contributed by atoms with E-state index in [2.05, 4.69) is 32.9 Å². The van der Waals surface area contributed by atoms with Gasteiger partial charge in [-0.2, -0.15) is 0 Å². The van der Waals surface area contributed by atoms with Crippen LogP contribution in [0.4, 0.5) is 0 Å². The average molecular weight is 450 g/mol. The highest BCUT2D eigenvalue weighted by Crippen LogP contribution is 2.15. The van der Waals surface area contributed by atoms with Gasteiger partial charge >= 0.3 is 0 Å². The molecule has 0 aliphatic carbocycles. The van der Waals surface area contributed by atoms with Crippen molar-refractivity contribution in [3.63, 3.8) is 0 Å². The van der Waals surface area contributed by atoms with Gasteiger partial charge in [-0.1, -0.05) is 148 Å². The molecule has 0 radical (unpaired) electrons. The number of hydrogen-bond donors (Lipinski definition) is 1. The predicted octanol–water partition coefficient (Wildman–Crippen LogP) is 10.9. The molecule has 0 aromatic heterocycles. The molecule has 0 spiro atoms. The second kappa shape index (κ2) is 26.9. The smallest absolute Gasteiger partial charge is 0.00388 e. The van der Waals surface area contributed by atoms with E-state index in [0.29, 0.717) is 6.04 Å². The molecule has 0 saturated heterocycles. The molecule has 0 aliphatic rings. The van der Waals surface area contributed by atoms with E-state index in [4.69, 9.17) is 5.73 Å². The van der Waals surface area contributed by atoms with Crippen LogP contribution in [0.2, 0.25) is 0 Å². The van der Waals surface area contributed by atoms with Crippen LogP contribution in [0.25, 0.3) is 0 Å². The van der Waals surface area contributed by atoms with Gasteiger partial charge in [0.25, 0.3) is 0 Å². The highest BCUT2D eigenvalue weighted by atomic mass is 14.6.